The van der Waals surface area contributed by atoms with Gasteiger partial charge in [0.15, 0.2) is 11.5 Å². The number of hydrogen-bond acceptors (Lipinski definition) is 7. The zero-order valence-corrected chi connectivity index (χ0v) is 28.5. The number of hydrogen-bond donors (Lipinski definition) is 3. The number of benzene rings is 4. The molecular formula is C39H41FN4O7. The summed E-state index contributed by atoms with van der Waals surface area (Å²) in [5, 5.41) is 8.47. The van der Waals surface area contributed by atoms with Crippen molar-refractivity contribution >= 4 is 23.6 Å². The number of fused-ring (bicyclic) bond motifs is 1. The second kappa shape index (κ2) is 17.7. The molecule has 1 aliphatic heterocycles. The molecule has 0 spiro atoms. The number of halogens is 1. The summed E-state index contributed by atoms with van der Waals surface area (Å²) in [6.07, 6.45) is 0.0783. The molecule has 0 radical (unpaired) electrons. The lowest BCUT2D eigenvalue weighted by molar-refractivity contribution is -0.135. The maximum Gasteiger partial charge on any atom is 0.255 e. The first-order valence-corrected chi connectivity index (χ1v) is 16.7. The highest BCUT2D eigenvalue weighted by Gasteiger charge is 2.28. The zero-order chi connectivity index (χ0) is 36.2. The molecule has 0 fully saturated rings. The van der Waals surface area contributed by atoms with Gasteiger partial charge in [-0.25, -0.2) is 4.39 Å². The molecule has 4 aromatic rings. The molecule has 0 aliphatic carbocycles. The topological polar surface area (TPSA) is 135 Å². The Balaban J connectivity index is 1.29. The van der Waals surface area contributed by atoms with Gasteiger partial charge >= 0.3 is 0 Å². The molecule has 4 aromatic carbocycles. The third kappa shape index (κ3) is 10.5. The van der Waals surface area contributed by atoms with E-state index in [0.717, 1.165) is 5.56 Å². The quantitative estimate of drug-likeness (QED) is 0.232. The molecule has 0 unspecified atom stereocenters. The van der Waals surface area contributed by atoms with Crippen molar-refractivity contribution in [3.8, 4) is 23.0 Å². The number of rotatable bonds is 9. The van der Waals surface area contributed by atoms with Crippen LogP contribution in [0.5, 0.6) is 23.0 Å². The molecule has 0 saturated heterocycles. The molecule has 3 N–H and O–H groups in total. The molecule has 266 valence electrons. The minimum absolute atomic E-state index is 0.0316. The molecule has 1 heterocycles. The number of nitrogens with one attached hydrogen (secondary N) is 3. The van der Waals surface area contributed by atoms with Crippen molar-refractivity contribution in [3.63, 3.8) is 0 Å². The van der Waals surface area contributed by atoms with Gasteiger partial charge in [0, 0.05) is 26.0 Å². The van der Waals surface area contributed by atoms with E-state index in [0.29, 0.717) is 23.0 Å². The van der Waals surface area contributed by atoms with Crippen molar-refractivity contribution in [1.82, 2.24) is 20.9 Å². The first-order chi connectivity index (χ1) is 24.7. The average Bonchev–Trinajstić information content (AvgIpc) is 3.12. The predicted octanol–water partition coefficient (Wildman–Crippen LogP) is 4.66. The van der Waals surface area contributed by atoms with E-state index in [9.17, 15) is 23.6 Å². The van der Waals surface area contributed by atoms with Crippen LogP contribution in [0.4, 0.5) is 4.39 Å². The number of carbonyl (C=O) groups is 4. The van der Waals surface area contributed by atoms with Crippen LogP contribution in [0, 0.1) is 5.82 Å². The fourth-order valence-electron chi connectivity index (χ4n) is 5.46. The predicted molar refractivity (Wildman–Crippen MR) is 188 cm³/mol. The molecule has 0 bridgehead atoms. The molecule has 1 aliphatic rings. The van der Waals surface area contributed by atoms with Crippen molar-refractivity contribution in [2.75, 3.05) is 26.8 Å². The van der Waals surface area contributed by atoms with Crippen LogP contribution in [-0.4, -0.2) is 73.5 Å². The van der Waals surface area contributed by atoms with Crippen molar-refractivity contribution in [2.24, 2.45) is 0 Å². The maximum absolute atomic E-state index is 13.7. The molecule has 0 aromatic heterocycles. The Morgan fingerprint density at radius 3 is 2.45 bits per heavy atom. The van der Waals surface area contributed by atoms with Crippen molar-refractivity contribution in [1.29, 1.82) is 0 Å². The second-order valence-corrected chi connectivity index (χ2v) is 12.2. The van der Waals surface area contributed by atoms with Crippen LogP contribution in [0.15, 0.2) is 103 Å². The Morgan fingerprint density at radius 2 is 1.67 bits per heavy atom. The van der Waals surface area contributed by atoms with Gasteiger partial charge in [-0.05, 0) is 55.3 Å². The lowest BCUT2D eigenvalue weighted by Crippen LogP contribution is -2.51. The first-order valence-electron chi connectivity index (χ1n) is 16.7. The number of para-hydroxylation sites is 3. The van der Waals surface area contributed by atoms with Gasteiger partial charge in [0.1, 0.15) is 42.6 Å². The van der Waals surface area contributed by atoms with Gasteiger partial charge in [-0.2, -0.15) is 0 Å². The van der Waals surface area contributed by atoms with Crippen LogP contribution in [0.3, 0.4) is 0 Å². The first kappa shape index (κ1) is 36.4. The van der Waals surface area contributed by atoms with E-state index in [-0.39, 0.29) is 50.5 Å². The van der Waals surface area contributed by atoms with E-state index in [2.05, 4.69) is 16.0 Å². The lowest BCUT2D eigenvalue weighted by Gasteiger charge is -2.25. The number of nitrogens with zero attached hydrogens (tertiary/aromatic N) is 1. The molecule has 3 atom stereocenters. The fraction of sp³-hybridized carbons (Fsp3) is 0.282. The van der Waals surface area contributed by atoms with Gasteiger partial charge in [-0.15, -0.1) is 0 Å². The van der Waals surface area contributed by atoms with E-state index in [4.69, 9.17) is 14.2 Å². The zero-order valence-electron chi connectivity index (χ0n) is 28.5. The van der Waals surface area contributed by atoms with Crippen LogP contribution in [0.25, 0.3) is 0 Å². The average molecular weight is 697 g/mol. The summed E-state index contributed by atoms with van der Waals surface area (Å²) < 4.78 is 31.4. The van der Waals surface area contributed by atoms with Crippen LogP contribution >= 0.6 is 0 Å². The Bertz CT molecular complexity index is 1820. The lowest BCUT2D eigenvalue weighted by atomic mass is 10.0. The fourth-order valence-corrected chi connectivity index (χ4v) is 5.46. The van der Waals surface area contributed by atoms with Crippen LogP contribution in [0.1, 0.15) is 35.7 Å². The van der Waals surface area contributed by atoms with E-state index >= 15 is 0 Å². The maximum atomic E-state index is 13.7. The van der Waals surface area contributed by atoms with Crippen LogP contribution in [0.2, 0.25) is 0 Å². The molecule has 12 heteroatoms. The summed E-state index contributed by atoms with van der Waals surface area (Å²) >= 11 is 0. The third-order valence-corrected chi connectivity index (χ3v) is 8.14. The summed E-state index contributed by atoms with van der Waals surface area (Å²) in [6.45, 7) is 2.07. The molecule has 11 nitrogen and oxygen atoms in total. The highest BCUT2D eigenvalue weighted by molar-refractivity contribution is 6.00. The SMILES string of the molecule is C[C@H](COc1ccccc1Oc1cccc(F)c1)NC(=O)[C@@H]1CCC(=O)N[C@@H](Cc2ccccc2)C(=O)N(C)CCOc2ccccc2C(=O)N1. The smallest absolute Gasteiger partial charge is 0.255 e. The Morgan fingerprint density at radius 1 is 0.941 bits per heavy atom. The molecular weight excluding hydrogens is 655 g/mol. The number of amides is 4. The van der Waals surface area contributed by atoms with Crippen molar-refractivity contribution in [2.45, 2.75) is 44.3 Å². The van der Waals surface area contributed by atoms with Gasteiger partial charge in [0.05, 0.1) is 18.2 Å². The normalized spacial score (nSPS) is 17.7. The number of carbonyl (C=O) groups excluding carboxylic acids is 4. The van der Waals surface area contributed by atoms with Crippen molar-refractivity contribution in [3.05, 3.63) is 120 Å². The summed E-state index contributed by atoms with van der Waals surface area (Å²) in [7, 11) is 1.63. The Kier molecular flexibility index (Phi) is 12.6. The number of ether oxygens (including phenoxy) is 3. The summed E-state index contributed by atoms with van der Waals surface area (Å²) in [5.74, 6) is -0.935. The van der Waals surface area contributed by atoms with Gasteiger partial charge in [-0.3, -0.25) is 19.2 Å². The molecule has 0 saturated carbocycles. The highest BCUT2D eigenvalue weighted by Crippen LogP contribution is 2.31. The molecule has 51 heavy (non-hydrogen) atoms. The standard InChI is InChI=1S/C39H41FN4O7/c1-26(25-50-34-17-8-9-18-35(34)51-29-14-10-13-28(40)24-29)41-38(47)31-19-20-36(45)42-32(23-27-11-4-3-5-12-27)39(48)44(2)21-22-49-33-16-7-6-15-30(33)37(46)43-31/h3-18,24,26,31-32H,19-23,25H2,1-2H3,(H,41,47)(H,42,45)(H,43,46)/t26-,31+,32+/m1/s1. The van der Waals surface area contributed by atoms with E-state index < -0.39 is 41.7 Å². The van der Waals surface area contributed by atoms with Gasteiger partial charge in [-0.1, -0.05) is 60.7 Å². The van der Waals surface area contributed by atoms with Gasteiger partial charge in [0.2, 0.25) is 17.7 Å². The van der Waals surface area contributed by atoms with E-state index in [1.165, 1.54) is 23.1 Å². The van der Waals surface area contributed by atoms with E-state index in [1.807, 2.05) is 30.3 Å². The molecule has 5 rings (SSSR count). The summed E-state index contributed by atoms with van der Waals surface area (Å²) in [4.78, 5) is 55.4. The van der Waals surface area contributed by atoms with Gasteiger partial charge < -0.3 is 35.1 Å². The minimum Gasteiger partial charge on any atom is -0.491 e. The minimum atomic E-state index is -1.11. The second-order valence-electron chi connectivity index (χ2n) is 12.2. The Labute approximate surface area is 296 Å². The summed E-state index contributed by atoms with van der Waals surface area (Å²) in [5.41, 5.74) is 1.08. The van der Waals surface area contributed by atoms with Gasteiger partial charge in [0.25, 0.3) is 5.91 Å². The van der Waals surface area contributed by atoms with Crippen molar-refractivity contribution < 1.29 is 37.8 Å². The Hall–Kier alpha value is -5.91. The van der Waals surface area contributed by atoms with Crippen LogP contribution < -0.4 is 30.2 Å². The van der Waals surface area contributed by atoms with Crippen LogP contribution in [-0.2, 0) is 20.8 Å². The summed E-state index contributed by atoms with van der Waals surface area (Å²) in [6, 6.07) is 26.1. The molecule has 4 amide bonds. The largest absolute Gasteiger partial charge is 0.491 e. The monoisotopic (exact) mass is 696 g/mol. The third-order valence-electron chi connectivity index (χ3n) is 8.14. The van der Waals surface area contributed by atoms with E-state index in [1.54, 1.807) is 68.6 Å². The highest BCUT2D eigenvalue weighted by atomic mass is 19.1. The number of likely N-dealkylation sites (N-methyl/N-ethyl adjacent to an activating group) is 1.